The van der Waals surface area contributed by atoms with Crippen molar-refractivity contribution < 1.29 is 9.53 Å². The average Bonchev–Trinajstić information content (AvgIpc) is 2.63. The molecule has 2 aliphatic carbocycles. The van der Waals surface area contributed by atoms with Gasteiger partial charge in [0.1, 0.15) is 5.76 Å². The molecular formula is C23H30O2. The Hall–Kier alpha value is -1.83. The highest BCUT2D eigenvalue weighted by Crippen LogP contribution is 2.42. The quantitative estimate of drug-likeness (QED) is 0.666. The number of rotatable bonds is 2. The zero-order valence-electron chi connectivity index (χ0n) is 15.6. The molecule has 25 heavy (non-hydrogen) atoms. The Morgan fingerprint density at radius 1 is 1.00 bits per heavy atom. The molecule has 134 valence electrons. The third-order valence-electron chi connectivity index (χ3n) is 5.79. The lowest BCUT2D eigenvalue weighted by Gasteiger charge is -2.33. The van der Waals surface area contributed by atoms with Crippen LogP contribution in [0, 0.1) is 5.41 Å². The molecule has 1 saturated carbocycles. The van der Waals surface area contributed by atoms with Crippen LogP contribution in [0.5, 0.6) is 0 Å². The van der Waals surface area contributed by atoms with Crippen molar-refractivity contribution in [2.75, 3.05) is 7.11 Å². The van der Waals surface area contributed by atoms with E-state index in [0.29, 0.717) is 5.78 Å². The molecule has 0 unspecified atom stereocenters. The molecule has 0 N–H and O–H groups in total. The molecule has 0 spiro atoms. The Morgan fingerprint density at radius 2 is 1.68 bits per heavy atom. The fourth-order valence-corrected chi connectivity index (χ4v) is 4.27. The standard InChI is InChI=1S/C23H30O2/c1-23-15-11-6-4-3-5-10-14-20(18-12-8-7-9-13-18)21(22(23)24)16-19(17-23)25-2/h7-9,12-13,16-17,20H,3-6,10-11,14-15H2,1-2H3/t20-,23-/m1/s1. The molecule has 0 aliphatic heterocycles. The molecule has 2 atom stereocenters. The zero-order chi connectivity index (χ0) is 17.7. The van der Waals surface area contributed by atoms with Crippen molar-refractivity contribution in [1.82, 2.24) is 0 Å². The predicted molar refractivity (Wildman–Crippen MR) is 102 cm³/mol. The molecule has 1 aromatic rings. The summed E-state index contributed by atoms with van der Waals surface area (Å²) in [6.07, 6.45) is 13.3. The van der Waals surface area contributed by atoms with E-state index in [2.05, 4.69) is 31.2 Å². The second-order valence-electron chi connectivity index (χ2n) is 7.72. The number of carbonyl (C=O) groups excluding carboxylic acids is 1. The van der Waals surface area contributed by atoms with Crippen molar-refractivity contribution in [3.63, 3.8) is 0 Å². The number of carbonyl (C=O) groups is 1. The molecule has 1 aromatic carbocycles. The van der Waals surface area contributed by atoms with Crippen LogP contribution in [0.3, 0.4) is 0 Å². The first kappa shape index (κ1) is 18.0. The van der Waals surface area contributed by atoms with Crippen LogP contribution in [-0.4, -0.2) is 12.9 Å². The summed E-state index contributed by atoms with van der Waals surface area (Å²) < 4.78 is 5.58. The molecule has 1 fully saturated rings. The smallest absolute Gasteiger partial charge is 0.169 e. The summed E-state index contributed by atoms with van der Waals surface area (Å²) in [4.78, 5) is 13.4. The highest BCUT2D eigenvalue weighted by atomic mass is 16.5. The minimum Gasteiger partial charge on any atom is -0.497 e. The van der Waals surface area contributed by atoms with E-state index in [4.69, 9.17) is 4.74 Å². The Morgan fingerprint density at radius 3 is 2.40 bits per heavy atom. The number of methoxy groups -OCH3 is 1. The summed E-state index contributed by atoms with van der Waals surface area (Å²) in [6.45, 7) is 2.09. The Bertz CT molecular complexity index is 656. The minimum absolute atomic E-state index is 0.173. The van der Waals surface area contributed by atoms with Gasteiger partial charge in [-0.05, 0) is 37.5 Å². The Balaban J connectivity index is 2.02. The zero-order valence-corrected chi connectivity index (χ0v) is 15.6. The van der Waals surface area contributed by atoms with Crippen molar-refractivity contribution in [2.24, 2.45) is 5.41 Å². The number of hydrogen-bond donors (Lipinski definition) is 0. The van der Waals surface area contributed by atoms with E-state index < -0.39 is 5.41 Å². The monoisotopic (exact) mass is 338 g/mol. The molecule has 2 bridgehead atoms. The van der Waals surface area contributed by atoms with Crippen LogP contribution in [-0.2, 0) is 9.53 Å². The molecule has 2 heteroatoms. The molecule has 0 amide bonds. The van der Waals surface area contributed by atoms with E-state index in [1.807, 2.05) is 18.2 Å². The Labute approximate surface area is 152 Å². The fourth-order valence-electron chi connectivity index (χ4n) is 4.27. The molecule has 0 aromatic heterocycles. The van der Waals surface area contributed by atoms with Crippen LogP contribution in [0.1, 0.15) is 69.8 Å². The maximum Gasteiger partial charge on any atom is 0.169 e. The van der Waals surface area contributed by atoms with Crippen LogP contribution < -0.4 is 0 Å². The van der Waals surface area contributed by atoms with E-state index in [1.54, 1.807) is 7.11 Å². The largest absolute Gasteiger partial charge is 0.497 e. The summed E-state index contributed by atoms with van der Waals surface area (Å²) in [5.41, 5.74) is 1.76. The number of ketones is 1. The van der Waals surface area contributed by atoms with Gasteiger partial charge in [0, 0.05) is 11.5 Å². The third-order valence-corrected chi connectivity index (χ3v) is 5.79. The first-order valence-corrected chi connectivity index (χ1v) is 9.72. The molecule has 0 heterocycles. The fraction of sp³-hybridized carbons (Fsp3) is 0.522. The lowest BCUT2D eigenvalue weighted by atomic mass is 9.69. The molecule has 3 rings (SSSR count). The van der Waals surface area contributed by atoms with Gasteiger partial charge in [-0.25, -0.2) is 0 Å². The topological polar surface area (TPSA) is 26.3 Å². The maximum absolute atomic E-state index is 13.4. The van der Waals surface area contributed by atoms with Gasteiger partial charge in [0.25, 0.3) is 0 Å². The maximum atomic E-state index is 13.4. The van der Waals surface area contributed by atoms with Gasteiger partial charge < -0.3 is 4.74 Å². The number of allylic oxidation sites excluding steroid dienone is 3. The van der Waals surface area contributed by atoms with E-state index >= 15 is 0 Å². The molecule has 2 aliphatic rings. The molecule has 0 radical (unpaired) electrons. The summed E-state index contributed by atoms with van der Waals surface area (Å²) >= 11 is 0. The minimum atomic E-state index is -0.429. The normalized spacial score (nSPS) is 28.2. The van der Waals surface area contributed by atoms with Gasteiger partial charge in [-0.15, -0.1) is 0 Å². The molecular weight excluding hydrogens is 308 g/mol. The van der Waals surface area contributed by atoms with Crippen LogP contribution in [0.2, 0.25) is 0 Å². The van der Waals surface area contributed by atoms with Gasteiger partial charge in [-0.3, -0.25) is 4.79 Å². The van der Waals surface area contributed by atoms with E-state index in [-0.39, 0.29) is 5.92 Å². The van der Waals surface area contributed by atoms with Crippen LogP contribution in [0.4, 0.5) is 0 Å². The molecule has 0 saturated heterocycles. The van der Waals surface area contributed by atoms with Gasteiger partial charge in [-0.2, -0.15) is 0 Å². The van der Waals surface area contributed by atoms with Gasteiger partial charge in [0.15, 0.2) is 5.78 Å². The van der Waals surface area contributed by atoms with Crippen molar-refractivity contribution in [3.05, 3.63) is 59.4 Å². The van der Waals surface area contributed by atoms with Gasteiger partial charge >= 0.3 is 0 Å². The summed E-state index contributed by atoms with van der Waals surface area (Å²) in [6, 6.07) is 10.5. The van der Waals surface area contributed by atoms with Crippen molar-refractivity contribution in [3.8, 4) is 0 Å². The van der Waals surface area contributed by atoms with E-state index in [0.717, 1.165) is 30.6 Å². The average molecular weight is 338 g/mol. The van der Waals surface area contributed by atoms with Gasteiger partial charge in [-0.1, -0.05) is 68.9 Å². The third kappa shape index (κ3) is 4.05. The highest BCUT2D eigenvalue weighted by Gasteiger charge is 2.39. The SMILES string of the molecule is COC1=C[C@@]2(C)CCCCCCCC[C@H](c3ccccc3)C(=C1)C2=O. The summed E-state index contributed by atoms with van der Waals surface area (Å²) in [7, 11) is 1.71. The van der Waals surface area contributed by atoms with Crippen molar-refractivity contribution in [2.45, 2.75) is 64.2 Å². The summed E-state index contributed by atoms with van der Waals surface area (Å²) in [5.74, 6) is 1.31. The second-order valence-corrected chi connectivity index (χ2v) is 7.72. The van der Waals surface area contributed by atoms with E-state index in [9.17, 15) is 4.79 Å². The second kappa shape index (κ2) is 8.03. The number of ether oxygens (including phenoxy) is 1. The lowest BCUT2D eigenvalue weighted by molar-refractivity contribution is -0.122. The predicted octanol–water partition coefficient (Wildman–Crippen LogP) is 5.95. The first-order valence-electron chi connectivity index (χ1n) is 9.72. The van der Waals surface area contributed by atoms with Crippen molar-refractivity contribution >= 4 is 5.78 Å². The van der Waals surface area contributed by atoms with Gasteiger partial charge in [0.05, 0.1) is 12.5 Å². The van der Waals surface area contributed by atoms with Gasteiger partial charge in [0.2, 0.25) is 0 Å². The summed E-state index contributed by atoms with van der Waals surface area (Å²) in [5, 5.41) is 0. The van der Waals surface area contributed by atoms with Crippen LogP contribution in [0.25, 0.3) is 0 Å². The van der Waals surface area contributed by atoms with E-state index in [1.165, 1.54) is 37.7 Å². The first-order chi connectivity index (χ1) is 12.1. The highest BCUT2D eigenvalue weighted by molar-refractivity contribution is 6.03. The molecule has 2 nitrogen and oxygen atoms in total. The number of hydrogen-bond acceptors (Lipinski definition) is 2. The van der Waals surface area contributed by atoms with Crippen LogP contribution >= 0.6 is 0 Å². The lowest BCUT2D eigenvalue weighted by Crippen LogP contribution is -2.32. The van der Waals surface area contributed by atoms with Crippen molar-refractivity contribution in [1.29, 1.82) is 0 Å². The number of fused-ring (bicyclic) bond motifs is 2. The number of benzene rings is 1. The number of Topliss-reactive ketones (excluding diaryl/α,β-unsaturated/α-hetero) is 1. The Kier molecular flexibility index (Phi) is 5.78. The van der Waals surface area contributed by atoms with Crippen LogP contribution in [0.15, 0.2) is 53.8 Å².